The lowest BCUT2D eigenvalue weighted by Gasteiger charge is -2.42. The fourth-order valence-corrected chi connectivity index (χ4v) is 6.82. The molecule has 0 aromatic heterocycles. The molecule has 0 bridgehead atoms. The standard InChI is InChI=1S/C32H36F6N2O3/c1-20(23-16-24(31(33,34)35)18-25(17-23)32(36,37)38)43-28-13-15-39(19-27(28)21-6-3-2-4-7-21)30(42)22-9-11-26(12-10-22)40-14-5-8-29(40)41/h2-4,6-7,16-18,20,22,26-28H,5,8-15,19H2,1H3/t20-,22?,26?,27+,28+/m1/s1. The molecule has 3 aliphatic rings. The molecule has 3 fully saturated rings. The minimum atomic E-state index is -4.95. The van der Waals surface area contributed by atoms with E-state index in [2.05, 4.69) is 0 Å². The van der Waals surface area contributed by atoms with E-state index in [9.17, 15) is 35.9 Å². The molecule has 2 amide bonds. The smallest absolute Gasteiger partial charge is 0.370 e. The molecule has 2 aliphatic heterocycles. The van der Waals surface area contributed by atoms with Crippen molar-refractivity contribution in [3.05, 3.63) is 70.8 Å². The van der Waals surface area contributed by atoms with Crippen LogP contribution in [0.2, 0.25) is 0 Å². The molecule has 5 rings (SSSR count). The van der Waals surface area contributed by atoms with Crippen molar-refractivity contribution in [2.24, 2.45) is 5.92 Å². The lowest BCUT2D eigenvalue weighted by molar-refractivity contribution is -0.143. The molecule has 2 aromatic rings. The van der Waals surface area contributed by atoms with Gasteiger partial charge in [0.1, 0.15) is 0 Å². The van der Waals surface area contributed by atoms with Crippen molar-refractivity contribution in [1.29, 1.82) is 0 Å². The number of piperidine rings is 1. The van der Waals surface area contributed by atoms with Crippen LogP contribution >= 0.6 is 0 Å². The molecule has 5 nitrogen and oxygen atoms in total. The second-order valence-corrected chi connectivity index (χ2v) is 11.9. The van der Waals surface area contributed by atoms with Crippen LogP contribution in [0.4, 0.5) is 26.3 Å². The number of carbonyl (C=O) groups is 2. The van der Waals surface area contributed by atoms with E-state index in [0.717, 1.165) is 31.4 Å². The number of likely N-dealkylation sites (tertiary alicyclic amines) is 2. The number of ether oxygens (including phenoxy) is 1. The Bertz CT molecular complexity index is 1260. The van der Waals surface area contributed by atoms with Gasteiger partial charge in [-0.25, -0.2) is 0 Å². The van der Waals surface area contributed by atoms with Gasteiger partial charge in [0, 0.05) is 43.9 Å². The normalized spacial score (nSPS) is 26.1. The van der Waals surface area contributed by atoms with E-state index in [-0.39, 0.29) is 41.3 Å². The highest BCUT2D eigenvalue weighted by Crippen LogP contribution is 2.40. The van der Waals surface area contributed by atoms with Gasteiger partial charge in [0.15, 0.2) is 0 Å². The number of carbonyl (C=O) groups excluding carboxylic acids is 2. The first kappa shape index (κ1) is 31.3. The molecule has 11 heteroatoms. The van der Waals surface area contributed by atoms with Crippen LogP contribution in [0.5, 0.6) is 0 Å². The Morgan fingerprint density at radius 1 is 0.884 bits per heavy atom. The van der Waals surface area contributed by atoms with E-state index in [4.69, 9.17) is 4.74 Å². The SMILES string of the molecule is C[C@@H](O[C@H]1CCN(C(=O)C2CCC(N3CCCC3=O)CC2)C[C@H]1c1ccccc1)c1cc(C(F)(F)F)cc(C(F)(F)F)c1. The third kappa shape index (κ3) is 7.19. The van der Waals surface area contributed by atoms with Gasteiger partial charge < -0.3 is 14.5 Å². The third-order valence-corrected chi connectivity index (χ3v) is 9.14. The molecule has 0 radical (unpaired) electrons. The second kappa shape index (κ2) is 12.5. The molecule has 1 aliphatic carbocycles. The number of alkyl halides is 6. The van der Waals surface area contributed by atoms with Gasteiger partial charge in [-0.2, -0.15) is 26.3 Å². The van der Waals surface area contributed by atoms with Crippen molar-refractivity contribution in [3.8, 4) is 0 Å². The molecule has 234 valence electrons. The number of halogens is 6. The highest BCUT2D eigenvalue weighted by molar-refractivity contribution is 5.80. The van der Waals surface area contributed by atoms with Crippen LogP contribution in [0.25, 0.3) is 0 Å². The molecule has 2 aromatic carbocycles. The quantitative estimate of drug-likeness (QED) is 0.321. The number of rotatable bonds is 6. The molecule has 0 spiro atoms. The van der Waals surface area contributed by atoms with Crippen LogP contribution in [-0.2, 0) is 26.7 Å². The number of amides is 2. The highest BCUT2D eigenvalue weighted by Gasteiger charge is 2.40. The molecular weight excluding hydrogens is 574 g/mol. The average Bonchev–Trinajstić information content (AvgIpc) is 3.42. The van der Waals surface area contributed by atoms with E-state index in [1.807, 2.05) is 40.1 Å². The summed E-state index contributed by atoms with van der Waals surface area (Å²) in [5, 5.41) is 0. The third-order valence-electron chi connectivity index (χ3n) is 9.14. The van der Waals surface area contributed by atoms with Gasteiger partial charge >= 0.3 is 12.4 Å². The Kier molecular flexibility index (Phi) is 9.11. The van der Waals surface area contributed by atoms with Gasteiger partial charge in [-0.3, -0.25) is 9.59 Å². The molecule has 2 saturated heterocycles. The summed E-state index contributed by atoms with van der Waals surface area (Å²) in [4.78, 5) is 29.6. The van der Waals surface area contributed by atoms with E-state index in [1.54, 1.807) is 0 Å². The van der Waals surface area contributed by atoms with Crippen LogP contribution < -0.4 is 0 Å². The van der Waals surface area contributed by atoms with E-state index < -0.39 is 35.7 Å². The minimum Gasteiger partial charge on any atom is -0.370 e. The fraction of sp³-hybridized carbons (Fsp3) is 0.562. The first-order valence-electron chi connectivity index (χ1n) is 14.9. The fourth-order valence-electron chi connectivity index (χ4n) is 6.82. The maximum atomic E-state index is 13.6. The van der Waals surface area contributed by atoms with Crippen LogP contribution in [0.15, 0.2) is 48.5 Å². The van der Waals surface area contributed by atoms with Crippen LogP contribution in [0, 0.1) is 5.92 Å². The molecule has 0 unspecified atom stereocenters. The maximum Gasteiger partial charge on any atom is 0.416 e. The first-order valence-corrected chi connectivity index (χ1v) is 14.9. The summed E-state index contributed by atoms with van der Waals surface area (Å²) in [6.07, 6.45) is -6.63. The number of benzene rings is 2. The largest absolute Gasteiger partial charge is 0.416 e. The van der Waals surface area contributed by atoms with Gasteiger partial charge in [-0.05, 0) is 74.8 Å². The molecule has 3 atom stereocenters. The molecule has 43 heavy (non-hydrogen) atoms. The Morgan fingerprint density at radius 2 is 1.51 bits per heavy atom. The van der Waals surface area contributed by atoms with Gasteiger partial charge in [-0.1, -0.05) is 30.3 Å². The zero-order valence-electron chi connectivity index (χ0n) is 24.0. The van der Waals surface area contributed by atoms with Crippen LogP contribution in [-0.4, -0.2) is 53.4 Å². The summed E-state index contributed by atoms with van der Waals surface area (Å²) >= 11 is 0. The van der Waals surface area contributed by atoms with Crippen molar-refractivity contribution in [3.63, 3.8) is 0 Å². The molecule has 0 N–H and O–H groups in total. The summed E-state index contributed by atoms with van der Waals surface area (Å²) in [5.74, 6) is -0.219. The second-order valence-electron chi connectivity index (χ2n) is 11.9. The van der Waals surface area contributed by atoms with Crippen molar-refractivity contribution < 1.29 is 40.7 Å². The zero-order valence-corrected chi connectivity index (χ0v) is 24.0. The monoisotopic (exact) mass is 610 g/mol. The average molecular weight is 611 g/mol. The lowest BCUT2D eigenvalue weighted by Crippen LogP contribution is -2.49. The topological polar surface area (TPSA) is 49.9 Å². The summed E-state index contributed by atoms with van der Waals surface area (Å²) in [6, 6.07) is 11.0. The molecule has 2 heterocycles. The van der Waals surface area contributed by atoms with Crippen LogP contribution in [0.1, 0.15) is 86.1 Å². The number of hydrogen-bond donors (Lipinski definition) is 0. The summed E-state index contributed by atoms with van der Waals surface area (Å²) in [5.41, 5.74) is -2.08. The van der Waals surface area contributed by atoms with Crippen molar-refractivity contribution in [1.82, 2.24) is 9.80 Å². The van der Waals surface area contributed by atoms with E-state index in [0.29, 0.717) is 50.9 Å². The predicted molar refractivity (Wildman–Crippen MR) is 147 cm³/mol. The van der Waals surface area contributed by atoms with Gasteiger partial charge in [0.05, 0.1) is 23.3 Å². The van der Waals surface area contributed by atoms with Gasteiger partial charge in [0.25, 0.3) is 0 Å². The van der Waals surface area contributed by atoms with E-state index in [1.165, 1.54) is 6.92 Å². The predicted octanol–water partition coefficient (Wildman–Crippen LogP) is 7.37. The van der Waals surface area contributed by atoms with E-state index >= 15 is 0 Å². The molecular formula is C32H36F6N2O3. The Labute approximate surface area is 247 Å². The minimum absolute atomic E-state index is 0.0475. The lowest BCUT2D eigenvalue weighted by atomic mass is 9.82. The van der Waals surface area contributed by atoms with Crippen molar-refractivity contribution >= 4 is 11.8 Å². The molecule has 1 saturated carbocycles. The Morgan fingerprint density at radius 3 is 2.07 bits per heavy atom. The first-order chi connectivity index (χ1) is 20.3. The summed E-state index contributed by atoms with van der Waals surface area (Å²) < 4.78 is 87.0. The Hall–Kier alpha value is -3.08. The van der Waals surface area contributed by atoms with Crippen molar-refractivity contribution in [2.45, 2.75) is 88.4 Å². The van der Waals surface area contributed by atoms with Crippen LogP contribution in [0.3, 0.4) is 0 Å². The maximum absolute atomic E-state index is 13.6. The van der Waals surface area contributed by atoms with Gasteiger partial charge in [0.2, 0.25) is 11.8 Å². The zero-order chi connectivity index (χ0) is 30.9. The highest BCUT2D eigenvalue weighted by atomic mass is 19.4. The number of nitrogens with zero attached hydrogens (tertiary/aromatic N) is 2. The van der Waals surface area contributed by atoms with Crippen molar-refractivity contribution in [2.75, 3.05) is 19.6 Å². The number of hydrogen-bond acceptors (Lipinski definition) is 3. The summed E-state index contributed by atoms with van der Waals surface area (Å²) in [7, 11) is 0. The summed E-state index contributed by atoms with van der Waals surface area (Å²) in [6.45, 7) is 2.95. The van der Waals surface area contributed by atoms with Gasteiger partial charge in [-0.15, -0.1) is 0 Å². The Balaban J connectivity index is 1.30.